The van der Waals surface area contributed by atoms with Gasteiger partial charge in [-0.25, -0.2) is 17.2 Å². The Morgan fingerprint density at radius 3 is 2.23 bits per heavy atom. The second-order valence-electron chi connectivity index (χ2n) is 6.31. The van der Waals surface area contributed by atoms with Crippen molar-refractivity contribution in [2.24, 2.45) is 0 Å². The lowest BCUT2D eigenvalue weighted by Crippen LogP contribution is -2.15. The summed E-state index contributed by atoms with van der Waals surface area (Å²) in [6.07, 6.45) is 1.20. The van der Waals surface area contributed by atoms with E-state index in [0.717, 1.165) is 18.2 Å². The van der Waals surface area contributed by atoms with E-state index in [0.29, 0.717) is 11.6 Å². The van der Waals surface area contributed by atoms with Gasteiger partial charge < -0.3 is 5.11 Å². The van der Waals surface area contributed by atoms with Gasteiger partial charge in [-0.1, -0.05) is 41.9 Å². The zero-order chi connectivity index (χ0) is 22.3. The molecule has 11 heteroatoms. The summed E-state index contributed by atoms with van der Waals surface area (Å²) >= 11 is 10.7. The molecule has 0 saturated carbocycles. The fraction of sp³-hybridized carbons (Fsp3) is 0.0526. The van der Waals surface area contributed by atoms with Crippen LogP contribution in [0.25, 0.3) is 11.1 Å². The van der Waals surface area contributed by atoms with E-state index >= 15 is 0 Å². The van der Waals surface area contributed by atoms with Crippen molar-refractivity contribution in [2.75, 3.05) is 11.0 Å². The van der Waals surface area contributed by atoms with Crippen molar-refractivity contribution in [1.29, 1.82) is 0 Å². The van der Waals surface area contributed by atoms with E-state index in [-0.39, 0.29) is 10.5 Å². The molecular formula is C19H14ClF2NO4S3. The molecule has 0 aliphatic carbocycles. The summed E-state index contributed by atoms with van der Waals surface area (Å²) in [5.41, 5.74) is -0.181. The summed E-state index contributed by atoms with van der Waals surface area (Å²) < 4.78 is 68.3. The van der Waals surface area contributed by atoms with Crippen LogP contribution in [0, 0.1) is 11.6 Å². The van der Waals surface area contributed by atoms with Gasteiger partial charge in [-0.2, -0.15) is 0 Å². The number of nitrogens with one attached hydrogen (secondary N) is 1. The Morgan fingerprint density at radius 1 is 1.00 bits per heavy atom. The van der Waals surface area contributed by atoms with Crippen LogP contribution in [0.1, 0.15) is 0 Å². The number of phenols is 1. The standard InChI is InChI=1S/C19H14ClF2NO4S3/c1-29(25,28)12-7-14(20)19(24)18(8-12)30(26,27)23-17-9-13(15(21)10-16(17)22)11-5-3-2-4-6-11/h2-10,23-24H,1H3. The summed E-state index contributed by atoms with van der Waals surface area (Å²) in [7, 11) is -7.63. The Hall–Kier alpha value is -2.27. The van der Waals surface area contributed by atoms with Gasteiger partial charge in [0.25, 0.3) is 10.0 Å². The Balaban J connectivity index is 2.12. The van der Waals surface area contributed by atoms with Gasteiger partial charge >= 0.3 is 0 Å². The fourth-order valence-corrected chi connectivity index (χ4v) is 5.20. The molecule has 1 unspecified atom stereocenters. The highest BCUT2D eigenvalue weighted by Crippen LogP contribution is 2.36. The Labute approximate surface area is 182 Å². The third-order valence-electron chi connectivity index (χ3n) is 4.11. The number of halogens is 3. The minimum Gasteiger partial charge on any atom is -0.505 e. The summed E-state index contributed by atoms with van der Waals surface area (Å²) in [6, 6.07) is 11.7. The highest BCUT2D eigenvalue weighted by molar-refractivity contribution is 8.32. The van der Waals surface area contributed by atoms with Gasteiger partial charge in [0.05, 0.1) is 19.2 Å². The molecule has 0 aromatic heterocycles. The number of benzene rings is 3. The van der Waals surface area contributed by atoms with Crippen LogP contribution < -0.4 is 4.72 Å². The van der Waals surface area contributed by atoms with E-state index in [1.165, 1.54) is 6.26 Å². The van der Waals surface area contributed by atoms with Crippen molar-refractivity contribution in [3.8, 4) is 16.9 Å². The average Bonchev–Trinajstić information content (AvgIpc) is 2.65. The molecule has 0 aliphatic rings. The zero-order valence-electron chi connectivity index (χ0n) is 15.2. The normalized spacial score (nSPS) is 13.6. The first-order valence-electron chi connectivity index (χ1n) is 8.20. The summed E-state index contributed by atoms with van der Waals surface area (Å²) in [5.74, 6) is -2.87. The first-order valence-corrected chi connectivity index (χ1v) is 13.0. The van der Waals surface area contributed by atoms with Crippen molar-refractivity contribution >= 4 is 47.0 Å². The van der Waals surface area contributed by atoms with Crippen LogP contribution >= 0.6 is 11.6 Å². The van der Waals surface area contributed by atoms with Crippen molar-refractivity contribution in [3.05, 3.63) is 71.3 Å². The molecule has 30 heavy (non-hydrogen) atoms. The van der Waals surface area contributed by atoms with Crippen LogP contribution in [-0.4, -0.2) is 24.0 Å². The summed E-state index contributed by atoms with van der Waals surface area (Å²) in [4.78, 5) is -0.834. The fourth-order valence-electron chi connectivity index (χ4n) is 2.63. The number of sulfonamides is 1. The highest BCUT2D eigenvalue weighted by atomic mass is 35.5. The number of rotatable bonds is 5. The lowest BCUT2D eigenvalue weighted by atomic mass is 10.0. The van der Waals surface area contributed by atoms with Crippen LogP contribution in [-0.2, 0) is 29.7 Å². The number of hydrogen-bond donors (Lipinski definition) is 2. The van der Waals surface area contributed by atoms with E-state index in [9.17, 15) is 26.5 Å². The predicted molar refractivity (Wildman–Crippen MR) is 115 cm³/mol. The monoisotopic (exact) mass is 489 g/mol. The van der Waals surface area contributed by atoms with Gasteiger partial charge in [-0.15, -0.1) is 0 Å². The summed E-state index contributed by atoms with van der Waals surface area (Å²) in [5, 5.41) is 9.72. The van der Waals surface area contributed by atoms with E-state index < -0.39 is 51.5 Å². The Morgan fingerprint density at radius 2 is 1.63 bits per heavy atom. The molecule has 1 atom stereocenters. The minimum absolute atomic E-state index is 0.0344. The first-order chi connectivity index (χ1) is 13.9. The molecule has 0 spiro atoms. The van der Waals surface area contributed by atoms with Gasteiger partial charge in [-0.05, 0) is 35.0 Å². The number of hydrogen-bond acceptors (Lipinski definition) is 5. The van der Waals surface area contributed by atoms with Crippen molar-refractivity contribution < 1.29 is 26.5 Å². The molecule has 0 heterocycles. The van der Waals surface area contributed by atoms with Gasteiger partial charge in [-0.3, -0.25) is 8.93 Å². The van der Waals surface area contributed by atoms with Crippen LogP contribution in [0.2, 0.25) is 5.02 Å². The van der Waals surface area contributed by atoms with Crippen LogP contribution in [0.4, 0.5) is 14.5 Å². The van der Waals surface area contributed by atoms with E-state index in [1.807, 2.05) is 4.72 Å². The van der Waals surface area contributed by atoms with E-state index in [1.54, 1.807) is 30.3 Å². The Kier molecular flexibility index (Phi) is 6.06. The molecule has 0 fully saturated rings. The van der Waals surface area contributed by atoms with Gasteiger partial charge in [0.1, 0.15) is 16.5 Å². The molecule has 3 rings (SSSR count). The predicted octanol–water partition coefficient (Wildman–Crippen LogP) is 4.53. The minimum atomic E-state index is -4.60. The molecule has 0 saturated heterocycles. The van der Waals surface area contributed by atoms with Crippen molar-refractivity contribution in [2.45, 2.75) is 9.79 Å². The second-order valence-corrected chi connectivity index (χ2v) is 12.3. The lowest BCUT2D eigenvalue weighted by Gasteiger charge is -2.14. The van der Waals surface area contributed by atoms with Crippen LogP contribution in [0.3, 0.4) is 0 Å². The van der Waals surface area contributed by atoms with Gasteiger partial charge in [0.2, 0.25) is 0 Å². The molecule has 0 radical (unpaired) electrons. The first kappa shape index (κ1) is 22.4. The molecule has 2 N–H and O–H groups in total. The van der Waals surface area contributed by atoms with Gasteiger partial charge in [0, 0.05) is 22.8 Å². The molecule has 3 aromatic carbocycles. The van der Waals surface area contributed by atoms with Crippen molar-refractivity contribution in [1.82, 2.24) is 0 Å². The molecular weight excluding hydrogens is 476 g/mol. The third-order valence-corrected chi connectivity index (χ3v) is 7.44. The molecule has 158 valence electrons. The number of anilines is 1. The molecule has 0 bridgehead atoms. The average molecular weight is 490 g/mol. The maximum absolute atomic E-state index is 14.3. The Bertz CT molecular complexity index is 1350. The molecule has 3 aromatic rings. The second kappa shape index (κ2) is 8.10. The lowest BCUT2D eigenvalue weighted by molar-refractivity contribution is 0.458. The summed E-state index contributed by atoms with van der Waals surface area (Å²) in [6.45, 7) is 0. The number of aromatic hydroxyl groups is 1. The smallest absolute Gasteiger partial charge is 0.265 e. The van der Waals surface area contributed by atoms with E-state index in [4.69, 9.17) is 22.8 Å². The van der Waals surface area contributed by atoms with Crippen LogP contribution in [0.5, 0.6) is 5.75 Å². The maximum Gasteiger partial charge on any atom is 0.265 e. The SMILES string of the molecule is CS(=O)(=S)c1cc(Cl)c(O)c(S(=O)(=O)Nc2cc(-c3ccccc3)c(F)cc2F)c1. The van der Waals surface area contributed by atoms with Crippen LogP contribution in [0.15, 0.2) is 64.4 Å². The maximum atomic E-state index is 14.3. The zero-order valence-corrected chi connectivity index (χ0v) is 18.4. The highest BCUT2D eigenvalue weighted by Gasteiger charge is 2.25. The number of phenolic OH excluding ortho intramolecular Hbond substituents is 1. The largest absolute Gasteiger partial charge is 0.505 e. The molecule has 5 nitrogen and oxygen atoms in total. The van der Waals surface area contributed by atoms with Crippen molar-refractivity contribution in [3.63, 3.8) is 0 Å². The van der Waals surface area contributed by atoms with Gasteiger partial charge in [0.15, 0.2) is 5.75 Å². The third kappa shape index (κ3) is 4.56. The quantitative estimate of drug-likeness (QED) is 0.550. The van der Waals surface area contributed by atoms with E-state index in [2.05, 4.69) is 0 Å². The molecule has 0 aliphatic heterocycles. The molecule has 0 amide bonds. The topological polar surface area (TPSA) is 83.5 Å².